The average molecular weight is 473 g/mol. The number of rotatable bonds is 21. The van der Waals surface area contributed by atoms with Crippen LogP contribution in [-0.2, 0) is 9.59 Å². The van der Waals surface area contributed by atoms with Crippen LogP contribution in [0.4, 0.5) is 0 Å². The van der Waals surface area contributed by atoms with Gasteiger partial charge in [0.1, 0.15) is 12.1 Å². The Labute approximate surface area is 205 Å². The maximum atomic E-state index is 11.0. The van der Waals surface area contributed by atoms with E-state index < -0.39 is 17.5 Å². The molecule has 0 aromatic heterocycles. The van der Waals surface area contributed by atoms with Crippen molar-refractivity contribution in [3.05, 3.63) is 0 Å². The number of carboxylic acids is 2. The van der Waals surface area contributed by atoms with Crippen molar-refractivity contribution in [1.82, 2.24) is 5.32 Å². The van der Waals surface area contributed by atoms with E-state index in [4.69, 9.17) is 5.11 Å². The van der Waals surface area contributed by atoms with Crippen molar-refractivity contribution in [3.63, 3.8) is 0 Å². The van der Waals surface area contributed by atoms with Gasteiger partial charge in [0.15, 0.2) is 0 Å². The highest BCUT2D eigenvalue weighted by Gasteiger charge is 2.25. The summed E-state index contributed by atoms with van der Waals surface area (Å²) in [4.78, 5) is 20.8. The maximum absolute atomic E-state index is 11.0. The van der Waals surface area contributed by atoms with Gasteiger partial charge in [0.05, 0.1) is 27.1 Å². The fourth-order valence-corrected chi connectivity index (χ4v) is 3.54. The number of likely N-dealkylation sites (N-methyl/N-ethyl adjacent to an activating group) is 1. The summed E-state index contributed by atoms with van der Waals surface area (Å²) in [7, 11) is 5.40. The van der Waals surface area contributed by atoms with Gasteiger partial charge < -0.3 is 24.8 Å². The molecule has 6 nitrogen and oxygen atoms in total. The quantitative estimate of drug-likeness (QED) is 0.178. The van der Waals surface area contributed by atoms with Crippen molar-refractivity contribution in [2.75, 3.05) is 34.2 Å². The summed E-state index contributed by atoms with van der Waals surface area (Å²) in [6.07, 6.45) is 21.9. The van der Waals surface area contributed by atoms with Crippen LogP contribution in [0.25, 0.3) is 0 Å². The molecule has 0 bridgehead atoms. The van der Waals surface area contributed by atoms with Crippen molar-refractivity contribution in [2.24, 2.45) is 0 Å². The van der Waals surface area contributed by atoms with Crippen LogP contribution in [0.15, 0.2) is 0 Å². The molecule has 0 atom stereocenters. The Hall–Kier alpha value is -1.14. The maximum Gasteiger partial charge on any atom is 0.323 e. The Morgan fingerprint density at radius 3 is 1.30 bits per heavy atom. The number of hydrogen-bond acceptors (Lipinski definition) is 4. The molecule has 0 heterocycles. The van der Waals surface area contributed by atoms with Gasteiger partial charge in [-0.3, -0.25) is 4.79 Å². The van der Waals surface area contributed by atoms with Gasteiger partial charge in [-0.05, 0) is 26.8 Å². The van der Waals surface area contributed by atoms with Crippen LogP contribution in [0.5, 0.6) is 0 Å². The number of nitrogens with zero attached hydrogens (tertiary/aromatic N) is 1. The lowest BCUT2D eigenvalue weighted by Crippen LogP contribution is -2.46. The lowest BCUT2D eigenvalue weighted by Gasteiger charge is -2.23. The normalized spacial score (nSPS) is 11.7. The molecule has 2 N–H and O–H groups in total. The molecule has 0 spiro atoms. The number of aliphatic carboxylic acids is 2. The van der Waals surface area contributed by atoms with Crippen molar-refractivity contribution < 1.29 is 24.3 Å². The van der Waals surface area contributed by atoms with E-state index in [9.17, 15) is 14.7 Å². The highest BCUT2D eigenvalue weighted by Crippen LogP contribution is 2.13. The van der Waals surface area contributed by atoms with E-state index in [0.29, 0.717) is 4.48 Å². The van der Waals surface area contributed by atoms with Crippen LogP contribution in [0, 0.1) is 0 Å². The van der Waals surface area contributed by atoms with E-state index in [1.54, 1.807) is 35.0 Å². The van der Waals surface area contributed by atoms with Crippen LogP contribution in [0.3, 0.4) is 0 Å². The fraction of sp³-hybridized carbons (Fsp3) is 0.926. The first kappa shape index (κ1) is 34.0. The highest BCUT2D eigenvalue weighted by molar-refractivity contribution is 5.77. The van der Waals surface area contributed by atoms with Crippen LogP contribution < -0.4 is 10.4 Å². The molecule has 0 fully saturated rings. The van der Waals surface area contributed by atoms with Gasteiger partial charge in [-0.2, -0.15) is 0 Å². The number of carbonyl (C=O) groups is 2. The van der Waals surface area contributed by atoms with Crippen molar-refractivity contribution in [1.29, 1.82) is 0 Å². The second-order valence-electron chi connectivity index (χ2n) is 11.0. The molecule has 0 saturated carbocycles. The molecule has 0 rings (SSSR count). The standard InChI is InChI=1S/C22H45NO2.C5H11NO2/c1-4-5-6-7-8-9-10-11-12-13-14-15-16-17-18-19-20-23-22(2,3)21(24)25;1-6(2,3)4-5(7)8/h23H,4-20H2,1-3H3,(H,24,25);4H2,1-3H3. The Kier molecular flexibility index (Phi) is 22.1. The molecule has 33 heavy (non-hydrogen) atoms. The monoisotopic (exact) mass is 472 g/mol. The van der Waals surface area contributed by atoms with E-state index >= 15 is 0 Å². The molecule has 0 aliphatic carbocycles. The third kappa shape index (κ3) is 28.8. The highest BCUT2D eigenvalue weighted by atomic mass is 16.4. The fourth-order valence-electron chi connectivity index (χ4n) is 3.54. The smallest absolute Gasteiger partial charge is 0.323 e. The molecule has 198 valence electrons. The van der Waals surface area contributed by atoms with Crippen molar-refractivity contribution in [2.45, 2.75) is 129 Å². The third-order valence-electron chi connectivity index (χ3n) is 5.74. The molecule has 0 saturated heterocycles. The number of unbranched alkanes of at least 4 members (excludes halogenated alkanes) is 15. The summed E-state index contributed by atoms with van der Waals surface area (Å²) in [5, 5.41) is 22.0. The van der Waals surface area contributed by atoms with E-state index in [0.717, 1.165) is 13.0 Å². The number of carboxylic acid groups (broad SMARTS) is 2. The number of carbonyl (C=O) groups excluding carboxylic acids is 1. The molecular weight excluding hydrogens is 416 g/mol. The number of quaternary nitrogens is 1. The Bertz CT molecular complexity index is 473. The van der Waals surface area contributed by atoms with Gasteiger partial charge in [-0.15, -0.1) is 0 Å². The molecule has 0 amide bonds. The van der Waals surface area contributed by atoms with Crippen LogP contribution in [0.1, 0.15) is 124 Å². The predicted octanol–water partition coefficient (Wildman–Crippen LogP) is 5.14. The summed E-state index contributed by atoms with van der Waals surface area (Å²) >= 11 is 0. The van der Waals surface area contributed by atoms with Gasteiger partial charge in [-0.25, -0.2) is 0 Å². The lowest BCUT2D eigenvalue weighted by molar-refractivity contribution is -0.864. The Morgan fingerprint density at radius 2 is 1.06 bits per heavy atom. The number of hydrogen-bond donors (Lipinski definition) is 2. The SMILES string of the molecule is CCCCCCCCCCCCCCCCCCNC(C)(C)C(=O)O.C[N+](C)(C)CC(=O)[O-]. The van der Waals surface area contributed by atoms with Gasteiger partial charge >= 0.3 is 5.97 Å². The topological polar surface area (TPSA) is 89.5 Å². The minimum atomic E-state index is -1.00. The molecular formula is C27H56N2O4. The van der Waals surface area contributed by atoms with Crippen LogP contribution >= 0.6 is 0 Å². The van der Waals surface area contributed by atoms with Crippen LogP contribution in [0.2, 0.25) is 0 Å². The van der Waals surface area contributed by atoms with Gasteiger partial charge in [0.2, 0.25) is 0 Å². The molecule has 0 aliphatic rings. The molecule has 0 radical (unpaired) electrons. The van der Waals surface area contributed by atoms with Crippen molar-refractivity contribution in [3.8, 4) is 0 Å². The molecule has 0 unspecified atom stereocenters. The third-order valence-corrected chi connectivity index (χ3v) is 5.74. The second kappa shape index (κ2) is 21.4. The van der Waals surface area contributed by atoms with E-state index in [-0.39, 0.29) is 6.54 Å². The zero-order valence-electron chi connectivity index (χ0n) is 22.8. The Morgan fingerprint density at radius 1 is 0.727 bits per heavy atom. The van der Waals surface area contributed by atoms with Gasteiger partial charge in [-0.1, -0.05) is 103 Å². The van der Waals surface area contributed by atoms with Gasteiger partial charge in [0, 0.05) is 0 Å². The molecule has 0 aromatic carbocycles. The summed E-state index contributed by atoms with van der Waals surface area (Å²) < 4.78 is 0.419. The van der Waals surface area contributed by atoms with Gasteiger partial charge in [0.25, 0.3) is 0 Å². The van der Waals surface area contributed by atoms with Crippen LogP contribution in [-0.4, -0.2) is 61.3 Å². The molecule has 6 heteroatoms. The first-order valence-electron chi connectivity index (χ1n) is 13.4. The minimum absolute atomic E-state index is 0.0694. The zero-order valence-corrected chi connectivity index (χ0v) is 22.8. The Balaban J connectivity index is 0. The summed E-state index contributed by atoms with van der Waals surface area (Å²) in [5.74, 6) is -1.78. The lowest BCUT2D eigenvalue weighted by atomic mass is 10.0. The van der Waals surface area contributed by atoms with E-state index in [2.05, 4.69) is 12.2 Å². The summed E-state index contributed by atoms with van der Waals surface area (Å²) in [6, 6.07) is 0. The second-order valence-corrected chi connectivity index (χ2v) is 11.0. The average Bonchev–Trinajstić information content (AvgIpc) is 2.68. The zero-order chi connectivity index (χ0) is 25.6. The summed E-state index contributed by atoms with van der Waals surface area (Å²) in [5.41, 5.74) is -0.796. The first-order valence-corrected chi connectivity index (χ1v) is 13.4. The molecule has 0 aliphatic heterocycles. The largest absolute Gasteiger partial charge is 0.544 e. The van der Waals surface area contributed by atoms with E-state index in [1.165, 1.54) is 96.3 Å². The molecule has 0 aromatic rings. The van der Waals surface area contributed by atoms with Crippen molar-refractivity contribution >= 4 is 11.9 Å². The predicted molar refractivity (Wildman–Crippen MR) is 137 cm³/mol. The first-order chi connectivity index (χ1) is 15.4. The minimum Gasteiger partial charge on any atom is -0.544 e. The number of nitrogens with one attached hydrogen (secondary N) is 1. The van der Waals surface area contributed by atoms with E-state index in [1.807, 2.05) is 0 Å². The summed E-state index contributed by atoms with van der Waals surface area (Å²) in [6.45, 7) is 6.60.